The summed E-state index contributed by atoms with van der Waals surface area (Å²) in [6.07, 6.45) is 3.04. The van der Waals surface area contributed by atoms with Gasteiger partial charge in [0.15, 0.2) is 0 Å². The molecule has 0 saturated carbocycles. The molecule has 1 rings (SSSR count). The molecule has 1 aliphatic heterocycles. The van der Waals surface area contributed by atoms with Gasteiger partial charge >= 0.3 is 0 Å². The van der Waals surface area contributed by atoms with Crippen molar-refractivity contribution >= 4 is 10.0 Å². The fraction of sp³-hybridized carbons (Fsp3) is 1.00. The van der Waals surface area contributed by atoms with Crippen LogP contribution in [0.1, 0.15) is 12.8 Å². The topological polar surface area (TPSA) is 72.6 Å². The third-order valence-corrected chi connectivity index (χ3v) is 3.55. The minimum absolute atomic E-state index is 0.0158. The van der Waals surface area contributed by atoms with Crippen molar-refractivity contribution < 1.29 is 13.2 Å². The Bertz CT molecular complexity index is 266. The van der Waals surface area contributed by atoms with Crippen LogP contribution in [-0.2, 0) is 14.8 Å². The second-order valence-electron chi connectivity index (χ2n) is 3.54. The molecule has 84 valence electrons. The molecule has 0 amide bonds. The summed E-state index contributed by atoms with van der Waals surface area (Å²) in [5, 5.41) is 0. The van der Waals surface area contributed by atoms with Crippen molar-refractivity contribution in [2.75, 3.05) is 32.5 Å². The van der Waals surface area contributed by atoms with Crippen molar-refractivity contribution in [2.45, 2.75) is 18.9 Å². The van der Waals surface area contributed by atoms with Crippen molar-refractivity contribution in [3.63, 3.8) is 0 Å². The Balaban J connectivity index is 2.44. The summed E-state index contributed by atoms with van der Waals surface area (Å²) in [6.45, 7) is 2.07. The first-order valence-electron chi connectivity index (χ1n) is 4.81. The minimum atomic E-state index is -3.06. The molecular weight excluding hydrogens is 204 g/mol. The predicted octanol–water partition coefficient (Wildman–Crippen LogP) is -0.614. The van der Waals surface area contributed by atoms with Gasteiger partial charge in [0, 0.05) is 19.6 Å². The zero-order valence-electron chi connectivity index (χ0n) is 8.48. The van der Waals surface area contributed by atoms with Crippen molar-refractivity contribution in [3.8, 4) is 0 Å². The lowest BCUT2D eigenvalue weighted by atomic mass is 10.1. The summed E-state index contributed by atoms with van der Waals surface area (Å²) < 4.78 is 29.4. The van der Waals surface area contributed by atoms with Gasteiger partial charge in [-0.1, -0.05) is 0 Å². The lowest BCUT2D eigenvalue weighted by Crippen LogP contribution is -2.43. The van der Waals surface area contributed by atoms with Crippen molar-refractivity contribution in [3.05, 3.63) is 0 Å². The van der Waals surface area contributed by atoms with Crippen LogP contribution in [0.2, 0.25) is 0 Å². The molecule has 0 aromatic carbocycles. The number of sulfonamides is 1. The molecule has 0 aromatic rings. The van der Waals surface area contributed by atoms with Crippen LogP contribution in [-0.4, -0.2) is 51.3 Å². The Morgan fingerprint density at radius 2 is 2.29 bits per heavy atom. The second-order valence-corrected chi connectivity index (χ2v) is 5.53. The normalized spacial score (nSPS) is 25.1. The summed E-state index contributed by atoms with van der Waals surface area (Å²) in [7, 11) is -3.06. The lowest BCUT2D eigenvalue weighted by Gasteiger charge is -2.30. The van der Waals surface area contributed by atoms with Gasteiger partial charge in [-0.3, -0.25) is 0 Å². The molecule has 5 nitrogen and oxygen atoms in total. The van der Waals surface area contributed by atoms with E-state index in [0.29, 0.717) is 26.2 Å². The van der Waals surface area contributed by atoms with Gasteiger partial charge in [-0.25, -0.2) is 8.42 Å². The fourth-order valence-electron chi connectivity index (χ4n) is 1.58. The first-order chi connectivity index (χ1) is 6.54. The predicted molar refractivity (Wildman–Crippen MR) is 54.4 cm³/mol. The summed E-state index contributed by atoms with van der Waals surface area (Å²) in [5.41, 5.74) is 5.31. The maximum Gasteiger partial charge on any atom is 0.211 e. The zero-order chi connectivity index (χ0) is 10.6. The van der Waals surface area contributed by atoms with Gasteiger partial charge < -0.3 is 10.5 Å². The molecule has 0 aromatic heterocycles. The molecule has 0 radical (unpaired) electrons. The average molecular weight is 222 g/mol. The molecule has 1 saturated heterocycles. The highest BCUT2D eigenvalue weighted by Crippen LogP contribution is 2.15. The molecule has 14 heavy (non-hydrogen) atoms. The van der Waals surface area contributed by atoms with E-state index in [1.165, 1.54) is 10.6 Å². The lowest BCUT2D eigenvalue weighted by molar-refractivity contribution is 0.0235. The SMILES string of the molecule is CS(=O)(=O)N1CCCC(OCCN)C1. The van der Waals surface area contributed by atoms with Crippen LogP contribution in [0.15, 0.2) is 0 Å². The summed E-state index contributed by atoms with van der Waals surface area (Å²) >= 11 is 0. The van der Waals surface area contributed by atoms with Gasteiger partial charge in [-0.15, -0.1) is 0 Å². The van der Waals surface area contributed by atoms with E-state index < -0.39 is 10.0 Å². The number of hydrogen-bond acceptors (Lipinski definition) is 4. The van der Waals surface area contributed by atoms with E-state index in [4.69, 9.17) is 10.5 Å². The van der Waals surface area contributed by atoms with Gasteiger partial charge in [0.25, 0.3) is 0 Å². The first-order valence-corrected chi connectivity index (χ1v) is 6.65. The standard InChI is InChI=1S/C8H18N2O3S/c1-14(11,12)10-5-2-3-8(7-10)13-6-4-9/h8H,2-7,9H2,1H3. The van der Waals surface area contributed by atoms with Crippen LogP contribution >= 0.6 is 0 Å². The fourth-order valence-corrected chi connectivity index (χ4v) is 2.47. The van der Waals surface area contributed by atoms with Crippen molar-refractivity contribution in [1.82, 2.24) is 4.31 Å². The number of hydrogen-bond donors (Lipinski definition) is 1. The van der Waals surface area contributed by atoms with E-state index in [2.05, 4.69) is 0 Å². The van der Waals surface area contributed by atoms with Crippen molar-refractivity contribution in [1.29, 1.82) is 0 Å². The Morgan fingerprint density at radius 1 is 1.57 bits per heavy atom. The van der Waals surface area contributed by atoms with Gasteiger partial charge in [0.2, 0.25) is 10.0 Å². The van der Waals surface area contributed by atoms with E-state index in [1.54, 1.807) is 0 Å². The number of nitrogens with two attached hydrogens (primary N) is 1. The highest BCUT2D eigenvalue weighted by Gasteiger charge is 2.25. The third kappa shape index (κ3) is 3.53. The van der Waals surface area contributed by atoms with Gasteiger partial charge in [-0.05, 0) is 12.8 Å². The summed E-state index contributed by atoms with van der Waals surface area (Å²) in [4.78, 5) is 0. The summed E-state index contributed by atoms with van der Waals surface area (Å²) in [6, 6.07) is 0. The zero-order valence-corrected chi connectivity index (χ0v) is 9.29. The van der Waals surface area contributed by atoms with Crippen LogP contribution in [0.4, 0.5) is 0 Å². The van der Waals surface area contributed by atoms with E-state index in [1.807, 2.05) is 0 Å². The average Bonchev–Trinajstić information content (AvgIpc) is 2.14. The molecule has 1 unspecified atom stereocenters. The molecule has 1 atom stereocenters. The van der Waals surface area contributed by atoms with Crippen LogP contribution in [0.3, 0.4) is 0 Å². The molecule has 6 heteroatoms. The van der Waals surface area contributed by atoms with E-state index in [-0.39, 0.29) is 6.10 Å². The van der Waals surface area contributed by atoms with Gasteiger partial charge in [-0.2, -0.15) is 4.31 Å². The third-order valence-electron chi connectivity index (χ3n) is 2.28. The van der Waals surface area contributed by atoms with Crippen LogP contribution in [0, 0.1) is 0 Å². The molecule has 0 bridgehead atoms. The van der Waals surface area contributed by atoms with Gasteiger partial charge in [0.1, 0.15) is 0 Å². The largest absolute Gasteiger partial charge is 0.376 e. The second kappa shape index (κ2) is 5.06. The van der Waals surface area contributed by atoms with E-state index >= 15 is 0 Å². The Hall–Kier alpha value is -0.170. The van der Waals surface area contributed by atoms with Crippen LogP contribution < -0.4 is 5.73 Å². The van der Waals surface area contributed by atoms with Crippen LogP contribution in [0.25, 0.3) is 0 Å². The summed E-state index contributed by atoms with van der Waals surface area (Å²) in [5.74, 6) is 0. The number of ether oxygens (including phenoxy) is 1. The number of piperidine rings is 1. The number of nitrogens with zero attached hydrogens (tertiary/aromatic N) is 1. The highest BCUT2D eigenvalue weighted by molar-refractivity contribution is 7.88. The first kappa shape index (κ1) is 11.9. The molecule has 2 N–H and O–H groups in total. The minimum Gasteiger partial charge on any atom is -0.376 e. The molecule has 0 spiro atoms. The van der Waals surface area contributed by atoms with Gasteiger partial charge in [0.05, 0.1) is 19.0 Å². The molecule has 1 fully saturated rings. The number of rotatable bonds is 4. The molecular formula is C8H18N2O3S. The smallest absolute Gasteiger partial charge is 0.211 e. The molecule has 1 aliphatic rings. The monoisotopic (exact) mass is 222 g/mol. The Morgan fingerprint density at radius 3 is 2.86 bits per heavy atom. The van der Waals surface area contributed by atoms with Crippen molar-refractivity contribution in [2.24, 2.45) is 5.73 Å². The molecule has 1 heterocycles. The Kier molecular flexibility index (Phi) is 4.31. The quantitative estimate of drug-likeness (QED) is 0.688. The Labute approximate surface area is 85.3 Å². The highest BCUT2D eigenvalue weighted by atomic mass is 32.2. The maximum atomic E-state index is 11.3. The van der Waals surface area contributed by atoms with Crippen LogP contribution in [0.5, 0.6) is 0 Å². The van der Waals surface area contributed by atoms with E-state index in [0.717, 1.165) is 12.8 Å². The maximum absolute atomic E-state index is 11.3. The van der Waals surface area contributed by atoms with E-state index in [9.17, 15) is 8.42 Å². The molecule has 0 aliphatic carbocycles.